The maximum absolute atomic E-state index is 13.0. The zero-order chi connectivity index (χ0) is 16.5. The highest BCUT2D eigenvalue weighted by Crippen LogP contribution is 2.37. The molecule has 1 saturated heterocycles. The van der Waals surface area contributed by atoms with Crippen LogP contribution in [0.15, 0.2) is 28.8 Å². The fourth-order valence-corrected chi connectivity index (χ4v) is 4.18. The zero-order valence-electron chi connectivity index (χ0n) is 14.1. The normalized spacial score (nSPS) is 23.3. The van der Waals surface area contributed by atoms with Gasteiger partial charge in [0.2, 0.25) is 11.8 Å². The molecule has 2 aromatic rings. The average Bonchev–Trinajstić information content (AvgIpc) is 3.24. The van der Waals surface area contributed by atoms with Crippen molar-refractivity contribution < 1.29 is 9.32 Å². The predicted octanol–water partition coefficient (Wildman–Crippen LogP) is 3.55. The number of benzene rings is 1. The number of amides is 1. The Labute approximate surface area is 142 Å². The first kappa shape index (κ1) is 15.4. The van der Waals surface area contributed by atoms with Crippen LogP contribution < -0.4 is 0 Å². The van der Waals surface area contributed by atoms with E-state index in [0.29, 0.717) is 24.1 Å². The van der Waals surface area contributed by atoms with Crippen molar-refractivity contribution in [1.82, 2.24) is 15.0 Å². The highest BCUT2D eigenvalue weighted by atomic mass is 16.5. The number of carbonyl (C=O) groups is 1. The molecular weight excluding hydrogens is 302 g/mol. The molecule has 2 heterocycles. The molecule has 1 aromatic heterocycles. The highest BCUT2D eigenvalue weighted by Gasteiger charge is 2.34. The lowest BCUT2D eigenvalue weighted by molar-refractivity contribution is -0.132. The van der Waals surface area contributed by atoms with Crippen molar-refractivity contribution in [3.05, 3.63) is 47.1 Å². The molecular formula is C19H23N3O2. The summed E-state index contributed by atoms with van der Waals surface area (Å²) in [6.45, 7) is 2.59. The number of carbonyl (C=O) groups excluding carboxylic acids is 1. The zero-order valence-corrected chi connectivity index (χ0v) is 14.1. The maximum Gasteiger partial charge on any atom is 0.223 e. The van der Waals surface area contributed by atoms with Crippen LogP contribution in [0, 0.1) is 6.92 Å². The summed E-state index contributed by atoms with van der Waals surface area (Å²) in [7, 11) is 0. The number of hydrogen-bond donors (Lipinski definition) is 0. The van der Waals surface area contributed by atoms with E-state index in [1.54, 1.807) is 6.92 Å². The van der Waals surface area contributed by atoms with E-state index in [-0.39, 0.29) is 11.9 Å². The van der Waals surface area contributed by atoms with Crippen LogP contribution in [0.1, 0.15) is 66.9 Å². The van der Waals surface area contributed by atoms with Gasteiger partial charge in [-0.15, -0.1) is 0 Å². The minimum absolute atomic E-state index is 0.0196. The Morgan fingerprint density at radius 1 is 1.29 bits per heavy atom. The van der Waals surface area contributed by atoms with E-state index < -0.39 is 0 Å². The second-order valence-electron chi connectivity index (χ2n) is 6.91. The predicted molar refractivity (Wildman–Crippen MR) is 89.5 cm³/mol. The summed E-state index contributed by atoms with van der Waals surface area (Å²) in [6.07, 6.45) is 5.92. The Morgan fingerprint density at radius 2 is 2.17 bits per heavy atom. The van der Waals surface area contributed by atoms with Gasteiger partial charge in [-0.25, -0.2) is 0 Å². The number of fused-ring (bicyclic) bond motifs is 1. The first-order valence-electron chi connectivity index (χ1n) is 8.90. The van der Waals surface area contributed by atoms with Crippen LogP contribution in [0.4, 0.5) is 0 Å². The van der Waals surface area contributed by atoms with Crippen molar-refractivity contribution in [2.45, 2.75) is 57.4 Å². The van der Waals surface area contributed by atoms with Crippen molar-refractivity contribution in [3.63, 3.8) is 0 Å². The number of hydrogen-bond acceptors (Lipinski definition) is 4. The van der Waals surface area contributed by atoms with Crippen molar-refractivity contribution in [3.8, 4) is 0 Å². The third-order valence-corrected chi connectivity index (χ3v) is 5.33. The molecule has 0 spiro atoms. The summed E-state index contributed by atoms with van der Waals surface area (Å²) in [5, 5.41) is 4.03. The summed E-state index contributed by atoms with van der Waals surface area (Å²) < 4.78 is 5.10. The molecule has 0 radical (unpaired) electrons. The summed E-state index contributed by atoms with van der Waals surface area (Å²) in [5.74, 6) is 1.78. The molecule has 24 heavy (non-hydrogen) atoms. The SMILES string of the molecule is Cc1nc(C2CCCN2C(=O)CC2CCCc3ccccc32)no1. The van der Waals surface area contributed by atoms with E-state index >= 15 is 0 Å². The fourth-order valence-electron chi connectivity index (χ4n) is 4.18. The summed E-state index contributed by atoms with van der Waals surface area (Å²) in [5.41, 5.74) is 2.77. The van der Waals surface area contributed by atoms with Gasteiger partial charge >= 0.3 is 0 Å². The molecule has 126 valence electrons. The van der Waals surface area contributed by atoms with E-state index in [0.717, 1.165) is 32.2 Å². The fraction of sp³-hybridized carbons (Fsp3) is 0.526. The van der Waals surface area contributed by atoms with Gasteiger partial charge in [0.25, 0.3) is 0 Å². The molecule has 1 amide bonds. The van der Waals surface area contributed by atoms with Crippen molar-refractivity contribution in [1.29, 1.82) is 0 Å². The maximum atomic E-state index is 13.0. The van der Waals surface area contributed by atoms with Crippen LogP contribution in [-0.4, -0.2) is 27.5 Å². The van der Waals surface area contributed by atoms with Gasteiger partial charge in [0.15, 0.2) is 5.82 Å². The molecule has 2 unspecified atom stereocenters. The monoisotopic (exact) mass is 325 g/mol. The quantitative estimate of drug-likeness (QED) is 0.866. The Balaban J connectivity index is 1.50. The highest BCUT2D eigenvalue weighted by molar-refractivity contribution is 5.78. The third-order valence-electron chi connectivity index (χ3n) is 5.33. The number of aromatic nitrogens is 2. The molecule has 0 N–H and O–H groups in total. The molecule has 5 nitrogen and oxygen atoms in total. The van der Waals surface area contributed by atoms with Gasteiger partial charge in [-0.1, -0.05) is 29.4 Å². The second kappa shape index (κ2) is 6.38. The lowest BCUT2D eigenvalue weighted by Crippen LogP contribution is -2.32. The molecule has 1 aliphatic heterocycles. The lowest BCUT2D eigenvalue weighted by Gasteiger charge is -2.28. The van der Waals surface area contributed by atoms with Crippen LogP contribution in [0.5, 0.6) is 0 Å². The van der Waals surface area contributed by atoms with Crippen LogP contribution in [0.2, 0.25) is 0 Å². The van der Waals surface area contributed by atoms with Crippen LogP contribution >= 0.6 is 0 Å². The van der Waals surface area contributed by atoms with E-state index in [1.807, 2.05) is 4.90 Å². The standard InChI is InChI=1S/C19H23N3O2/c1-13-20-19(21-24-13)17-10-5-11-22(17)18(23)12-15-8-4-7-14-6-2-3-9-16(14)15/h2-3,6,9,15,17H,4-5,7-8,10-12H2,1H3. The van der Waals surface area contributed by atoms with E-state index in [1.165, 1.54) is 17.5 Å². The first-order chi connectivity index (χ1) is 11.7. The van der Waals surface area contributed by atoms with E-state index in [9.17, 15) is 4.79 Å². The molecule has 5 heteroatoms. The second-order valence-corrected chi connectivity index (χ2v) is 6.91. The Morgan fingerprint density at radius 3 is 3.00 bits per heavy atom. The van der Waals surface area contributed by atoms with Gasteiger partial charge in [-0.2, -0.15) is 4.98 Å². The van der Waals surface area contributed by atoms with Crippen LogP contribution in [-0.2, 0) is 11.2 Å². The minimum Gasteiger partial charge on any atom is -0.340 e. The Bertz CT molecular complexity index is 740. The molecule has 4 rings (SSSR count). The molecule has 2 aliphatic rings. The molecule has 0 bridgehead atoms. The molecule has 0 saturated carbocycles. The number of aryl methyl sites for hydroxylation is 2. The Kier molecular flexibility index (Phi) is 4.08. The number of nitrogens with zero attached hydrogens (tertiary/aromatic N) is 3. The van der Waals surface area contributed by atoms with E-state index in [4.69, 9.17) is 4.52 Å². The van der Waals surface area contributed by atoms with Gasteiger partial charge < -0.3 is 9.42 Å². The molecule has 2 atom stereocenters. The van der Waals surface area contributed by atoms with Crippen molar-refractivity contribution in [2.75, 3.05) is 6.54 Å². The van der Waals surface area contributed by atoms with Crippen molar-refractivity contribution in [2.24, 2.45) is 0 Å². The molecule has 1 aliphatic carbocycles. The van der Waals surface area contributed by atoms with Gasteiger partial charge in [-0.3, -0.25) is 4.79 Å². The van der Waals surface area contributed by atoms with Gasteiger partial charge in [0.05, 0.1) is 6.04 Å². The first-order valence-corrected chi connectivity index (χ1v) is 8.90. The summed E-state index contributed by atoms with van der Waals surface area (Å²) in [4.78, 5) is 19.2. The molecule has 1 fully saturated rings. The van der Waals surface area contributed by atoms with Crippen LogP contribution in [0.25, 0.3) is 0 Å². The summed E-state index contributed by atoms with van der Waals surface area (Å²) in [6, 6.07) is 8.55. The van der Waals surface area contributed by atoms with E-state index in [2.05, 4.69) is 34.4 Å². The Hall–Kier alpha value is -2.17. The topological polar surface area (TPSA) is 59.2 Å². The smallest absolute Gasteiger partial charge is 0.223 e. The number of rotatable bonds is 3. The largest absolute Gasteiger partial charge is 0.340 e. The average molecular weight is 325 g/mol. The van der Waals surface area contributed by atoms with Crippen molar-refractivity contribution >= 4 is 5.91 Å². The molecule has 1 aromatic carbocycles. The van der Waals surface area contributed by atoms with Crippen LogP contribution in [0.3, 0.4) is 0 Å². The number of likely N-dealkylation sites (tertiary alicyclic amines) is 1. The lowest BCUT2D eigenvalue weighted by atomic mass is 9.81. The minimum atomic E-state index is -0.0196. The van der Waals surface area contributed by atoms with Gasteiger partial charge in [0.1, 0.15) is 0 Å². The van der Waals surface area contributed by atoms with Gasteiger partial charge in [0, 0.05) is 19.9 Å². The van der Waals surface area contributed by atoms with Gasteiger partial charge in [-0.05, 0) is 49.1 Å². The third kappa shape index (κ3) is 2.83. The summed E-state index contributed by atoms with van der Waals surface area (Å²) >= 11 is 0.